The number of aromatic amines is 1. The van der Waals surface area contributed by atoms with Crippen molar-refractivity contribution in [3.8, 4) is 5.75 Å². The molecule has 2 atom stereocenters. The summed E-state index contributed by atoms with van der Waals surface area (Å²) in [5, 5.41) is 7.02. The zero-order valence-electron chi connectivity index (χ0n) is 17.9. The van der Waals surface area contributed by atoms with Gasteiger partial charge in [0.25, 0.3) is 0 Å². The molecule has 2 fully saturated rings. The van der Waals surface area contributed by atoms with Crippen molar-refractivity contribution in [1.29, 1.82) is 0 Å². The predicted molar refractivity (Wildman–Crippen MR) is 121 cm³/mol. The van der Waals surface area contributed by atoms with E-state index < -0.39 is 0 Å². The van der Waals surface area contributed by atoms with Gasteiger partial charge in [-0.05, 0) is 24.1 Å². The lowest BCUT2D eigenvalue weighted by Gasteiger charge is -2.36. The fourth-order valence-corrected chi connectivity index (χ4v) is 4.74. The number of piperazine rings is 1. The van der Waals surface area contributed by atoms with Crippen LogP contribution >= 0.6 is 0 Å². The number of para-hydroxylation sites is 2. The number of hydrogen-bond donors (Lipinski definition) is 1. The van der Waals surface area contributed by atoms with Gasteiger partial charge in [0.05, 0.1) is 12.8 Å². The molecule has 2 unspecified atom stereocenters. The maximum Gasteiger partial charge on any atom is 0.343 e. The van der Waals surface area contributed by atoms with Gasteiger partial charge in [-0.1, -0.05) is 42.5 Å². The molecule has 31 heavy (non-hydrogen) atoms. The first kappa shape index (κ1) is 19.9. The Kier molecular flexibility index (Phi) is 5.51. The predicted octanol–water partition coefficient (Wildman–Crippen LogP) is 2.67. The largest absolute Gasteiger partial charge is 0.495 e. The van der Waals surface area contributed by atoms with E-state index in [0.29, 0.717) is 5.92 Å². The molecule has 0 spiro atoms. The molecule has 1 aliphatic heterocycles. The maximum atomic E-state index is 12.4. The fourth-order valence-electron chi connectivity index (χ4n) is 4.74. The van der Waals surface area contributed by atoms with E-state index in [2.05, 4.69) is 56.4 Å². The molecule has 0 bridgehead atoms. The highest BCUT2D eigenvalue weighted by Gasteiger charge is 2.42. The number of aromatic nitrogens is 3. The minimum absolute atomic E-state index is 0.0839. The highest BCUT2D eigenvalue weighted by molar-refractivity contribution is 5.58. The highest BCUT2D eigenvalue weighted by atomic mass is 16.5. The van der Waals surface area contributed by atoms with Crippen LogP contribution < -0.4 is 15.3 Å². The normalized spacial score (nSPS) is 21.3. The number of anilines is 1. The van der Waals surface area contributed by atoms with Crippen molar-refractivity contribution < 1.29 is 4.74 Å². The van der Waals surface area contributed by atoms with Crippen LogP contribution in [0.4, 0.5) is 5.69 Å². The van der Waals surface area contributed by atoms with Crippen LogP contribution in [-0.4, -0.2) is 59.5 Å². The molecule has 7 nitrogen and oxygen atoms in total. The Morgan fingerprint density at radius 3 is 2.55 bits per heavy atom. The fraction of sp³-hybridized carbons (Fsp3) is 0.417. The van der Waals surface area contributed by atoms with Gasteiger partial charge in [-0.3, -0.25) is 9.47 Å². The Hall–Kier alpha value is -3.06. The van der Waals surface area contributed by atoms with E-state index in [1.54, 1.807) is 7.11 Å². The molecule has 1 saturated heterocycles. The van der Waals surface area contributed by atoms with E-state index in [1.165, 1.54) is 5.56 Å². The van der Waals surface area contributed by atoms with Crippen LogP contribution in [0.1, 0.15) is 29.8 Å². The third-order valence-corrected chi connectivity index (χ3v) is 6.54. The number of rotatable bonds is 7. The van der Waals surface area contributed by atoms with Gasteiger partial charge in [-0.2, -0.15) is 5.10 Å². The van der Waals surface area contributed by atoms with E-state index in [1.807, 2.05) is 22.8 Å². The minimum Gasteiger partial charge on any atom is -0.495 e. The summed E-state index contributed by atoms with van der Waals surface area (Å²) < 4.78 is 7.41. The molecule has 1 aromatic heterocycles. The second kappa shape index (κ2) is 8.59. The number of hydrogen-bond acceptors (Lipinski definition) is 5. The zero-order chi connectivity index (χ0) is 21.2. The van der Waals surface area contributed by atoms with Gasteiger partial charge in [-0.15, -0.1) is 0 Å². The minimum atomic E-state index is -0.0839. The third kappa shape index (κ3) is 4.10. The SMILES string of the molecule is COc1ccccc1N1CCN(CCc2n[nH]c(=O)n2C2CC2c2ccccc2)CC1. The number of methoxy groups -OCH3 is 1. The van der Waals surface area contributed by atoms with Crippen molar-refractivity contribution in [2.75, 3.05) is 44.7 Å². The van der Waals surface area contributed by atoms with Crippen LogP contribution in [0.3, 0.4) is 0 Å². The summed E-state index contributed by atoms with van der Waals surface area (Å²) in [5.74, 6) is 2.22. The van der Waals surface area contributed by atoms with Crippen molar-refractivity contribution >= 4 is 5.69 Å². The van der Waals surface area contributed by atoms with Gasteiger partial charge in [0.2, 0.25) is 0 Å². The van der Waals surface area contributed by atoms with Crippen molar-refractivity contribution in [1.82, 2.24) is 19.7 Å². The Bertz CT molecular complexity index is 1070. The van der Waals surface area contributed by atoms with Gasteiger partial charge >= 0.3 is 5.69 Å². The Morgan fingerprint density at radius 2 is 1.77 bits per heavy atom. The molecular formula is C24H29N5O2. The Balaban J connectivity index is 1.18. The lowest BCUT2D eigenvalue weighted by molar-refractivity contribution is 0.257. The van der Waals surface area contributed by atoms with Crippen LogP contribution in [0.5, 0.6) is 5.75 Å². The number of benzene rings is 2. The first-order chi connectivity index (χ1) is 15.2. The molecule has 1 saturated carbocycles. The van der Waals surface area contributed by atoms with E-state index in [4.69, 9.17) is 4.74 Å². The molecule has 5 rings (SSSR count). The average Bonchev–Trinajstić information content (AvgIpc) is 3.53. The summed E-state index contributed by atoms with van der Waals surface area (Å²) in [6.07, 6.45) is 1.79. The zero-order valence-corrected chi connectivity index (χ0v) is 17.9. The number of nitrogens with one attached hydrogen (secondary N) is 1. The summed E-state index contributed by atoms with van der Waals surface area (Å²) in [6, 6.07) is 18.9. The monoisotopic (exact) mass is 419 g/mol. The molecule has 0 radical (unpaired) electrons. The third-order valence-electron chi connectivity index (χ3n) is 6.54. The molecule has 3 aromatic rings. The van der Waals surface area contributed by atoms with Crippen molar-refractivity contribution in [2.24, 2.45) is 0 Å². The molecule has 2 aliphatic rings. The molecular weight excluding hydrogens is 390 g/mol. The molecule has 1 aliphatic carbocycles. The van der Waals surface area contributed by atoms with Crippen LogP contribution in [0, 0.1) is 0 Å². The molecule has 162 valence electrons. The molecule has 0 amide bonds. The molecule has 2 aromatic carbocycles. The summed E-state index contributed by atoms with van der Waals surface area (Å²) in [4.78, 5) is 17.3. The van der Waals surface area contributed by atoms with Crippen LogP contribution in [0.2, 0.25) is 0 Å². The van der Waals surface area contributed by atoms with E-state index in [9.17, 15) is 4.79 Å². The molecule has 2 heterocycles. The van der Waals surface area contributed by atoms with Gasteiger partial charge in [0.15, 0.2) is 0 Å². The van der Waals surface area contributed by atoms with Crippen molar-refractivity contribution in [2.45, 2.75) is 24.8 Å². The number of H-pyrrole nitrogens is 1. The van der Waals surface area contributed by atoms with E-state index >= 15 is 0 Å². The summed E-state index contributed by atoms with van der Waals surface area (Å²) in [5.41, 5.74) is 2.38. The molecule has 1 N–H and O–H groups in total. The highest BCUT2D eigenvalue weighted by Crippen LogP contribution is 2.50. The van der Waals surface area contributed by atoms with Crippen molar-refractivity contribution in [3.05, 3.63) is 76.5 Å². The van der Waals surface area contributed by atoms with Crippen molar-refractivity contribution in [3.63, 3.8) is 0 Å². The number of nitrogens with zero attached hydrogens (tertiary/aromatic N) is 4. The van der Waals surface area contributed by atoms with Gasteiger partial charge in [-0.25, -0.2) is 9.89 Å². The average molecular weight is 420 g/mol. The summed E-state index contributed by atoms with van der Waals surface area (Å²) >= 11 is 0. The Morgan fingerprint density at radius 1 is 1.03 bits per heavy atom. The lowest BCUT2D eigenvalue weighted by atomic mass is 10.1. The van der Waals surface area contributed by atoms with Crippen LogP contribution in [-0.2, 0) is 6.42 Å². The second-order valence-electron chi connectivity index (χ2n) is 8.39. The maximum absolute atomic E-state index is 12.4. The van der Waals surface area contributed by atoms with Gasteiger partial charge in [0.1, 0.15) is 11.6 Å². The number of ether oxygens (including phenoxy) is 1. The molecule has 7 heteroatoms. The topological polar surface area (TPSA) is 66.4 Å². The lowest BCUT2D eigenvalue weighted by Crippen LogP contribution is -2.47. The first-order valence-electron chi connectivity index (χ1n) is 11.1. The van der Waals surface area contributed by atoms with Gasteiger partial charge in [0, 0.05) is 51.1 Å². The standard InChI is InChI=1S/C24H29N5O2/c1-31-22-10-6-5-9-20(22)28-15-13-27(14-16-28)12-11-23-25-26-24(30)29(23)21-17-19(21)18-7-3-2-4-8-18/h2-10,19,21H,11-17H2,1H3,(H,26,30). The second-order valence-corrected chi connectivity index (χ2v) is 8.39. The smallest absolute Gasteiger partial charge is 0.343 e. The van der Waals surface area contributed by atoms with E-state index in [0.717, 1.165) is 62.8 Å². The van der Waals surface area contributed by atoms with Gasteiger partial charge < -0.3 is 9.64 Å². The van der Waals surface area contributed by atoms with Crippen LogP contribution in [0.15, 0.2) is 59.4 Å². The summed E-state index contributed by atoms with van der Waals surface area (Å²) in [7, 11) is 1.72. The summed E-state index contributed by atoms with van der Waals surface area (Å²) in [6.45, 7) is 4.82. The first-order valence-corrected chi connectivity index (χ1v) is 11.1. The van der Waals surface area contributed by atoms with E-state index in [-0.39, 0.29) is 11.7 Å². The quantitative estimate of drug-likeness (QED) is 0.638. The van der Waals surface area contributed by atoms with Crippen LogP contribution in [0.25, 0.3) is 0 Å². The Labute approximate surface area is 182 Å².